The lowest BCUT2D eigenvalue weighted by molar-refractivity contribution is -0.130. The van der Waals surface area contributed by atoms with Crippen LogP contribution in [0.2, 0.25) is 0 Å². The molecule has 544 valence electrons. The standard InChI is InChI=1S/C19H31N3.C16H26N4O.C16H27N3.C15H22N4.C15H23N3/c1-16(2)18-12-19(14-20-13-18)22-10-8-21(9-11-22)15-17-6-4-3-5-7-17;1-13(2)14-9-15(11-17-10-14)20-7-5-19(6-8-20)12-16(21)18(3)4;1-4-5-6-18-7-9-19(10-8-18)16-11-15(14(2)3)12-17-13-16;1-13(2)14-10-15(12-17-11-14)19-8-6-18(7-9-19)5-3-4-16;1-4-5-17-6-8-18(9-7-17)15-10-14(13(2)3)11-16-12-15/h12-14,16-17H,3-11,15H2,1-2H3;9-11,13H,5-8,12H2,1-4H3;11-14H,4-10H2,1-3H3;10-13H,3,5-9H2,1-2H3;4,10-13H,1,5-9H2,2-3H3. The molecule has 6 aliphatic rings. The Hall–Kier alpha value is -6.75. The molecule has 5 aromatic heterocycles. The Bertz CT molecular complexity index is 3120. The van der Waals surface area contributed by atoms with Gasteiger partial charge in [-0.05, 0) is 119 Å². The average Bonchev–Trinajstić information content (AvgIpc) is 0.914. The number of unbranched alkanes of at least 4 members (excludes halogenated alkanes) is 1. The van der Waals surface area contributed by atoms with Gasteiger partial charge >= 0.3 is 0 Å². The van der Waals surface area contributed by atoms with Gasteiger partial charge < -0.3 is 29.4 Å². The molecule has 99 heavy (non-hydrogen) atoms. The SMILES string of the molecule is C=CCN1CCN(c2cncc(C(C)C)c2)CC1.CC(C)c1cncc(N2CCN(CC(=O)N(C)C)CC2)c1.CC(C)c1cncc(N2CCN(CC3CCCCC3)CC2)c1.CC(C)c1cncc(N2CCN(CCC#N)CC2)c1.CCCCN1CCN(c2cncc(C(C)C)c2)CC1. The summed E-state index contributed by atoms with van der Waals surface area (Å²) in [5, 5.41) is 8.61. The lowest BCUT2D eigenvalue weighted by atomic mass is 9.89. The highest BCUT2D eigenvalue weighted by atomic mass is 16.2. The lowest BCUT2D eigenvalue weighted by Crippen LogP contribution is -2.49. The minimum atomic E-state index is 0.173. The normalized spacial score (nSPS) is 17.8. The fourth-order valence-electron chi connectivity index (χ4n) is 13.5. The van der Waals surface area contributed by atoms with Crippen LogP contribution in [0.1, 0.15) is 185 Å². The van der Waals surface area contributed by atoms with Crippen molar-refractivity contribution >= 4 is 34.3 Å². The van der Waals surface area contributed by atoms with Crippen LogP contribution >= 0.6 is 0 Å². The van der Waals surface area contributed by atoms with Crippen molar-refractivity contribution in [3.8, 4) is 6.07 Å². The Morgan fingerprint density at radius 3 is 1.05 bits per heavy atom. The smallest absolute Gasteiger partial charge is 0.236 e. The monoisotopic (exact) mass is 1360 g/mol. The van der Waals surface area contributed by atoms with Crippen molar-refractivity contribution in [2.75, 3.05) is 202 Å². The van der Waals surface area contributed by atoms with Crippen LogP contribution in [-0.4, -0.2) is 238 Å². The quantitative estimate of drug-likeness (QED) is 0.0643. The molecule has 0 bridgehead atoms. The minimum absolute atomic E-state index is 0.173. The lowest BCUT2D eigenvalue weighted by Gasteiger charge is -2.38. The third kappa shape index (κ3) is 26.9. The first-order chi connectivity index (χ1) is 47.8. The van der Waals surface area contributed by atoms with E-state index in [0.29, 0.717) is 42.6 Å². The Labute approximate surface area is 599 Å². The number of amides is 1. The third-order valence-corrected chi connectivity index (χ3v) is 20.6. The summed E-state index contributed by atoms with van der Waals surface area (Å²) in [6.07, 6.45) is 32.3. The molecule has 1 saturated carbocycles. The topological polar surface area (TPSA) is 141 Å². The maximum absolute atomic E-state index is 11.7. The fourth-order valence-corrected chi connectivity index (χ4v) is 13.5. The molecule has 18 nitrogen and oxygen atoms in total. The Morgan fingerprint density at radius 1 is 0.455 bits per heavy atom. The van der Waals surface area contributed by atoms with Gasteiger partial charge in [-0.15, -0.1) is 6.58 Å². The van der Waals surface area contributed by atoms with Crippen LogP contribution in [0.15, 0.2) is 105 Å². The van der Waals surface area contributed by atoms with Gasteiger partial charge in [0.25, 0.3) is 0 Å². The van der Waals surface area contributed by atoms with Gasteiger partial charge in [0.05, 0.1) is 72.0 Å². The zero-order valence-electron chi connectivity index (χ0n) is 63.8. The van der Waals surface area contributed by atoms with Gasteiger partial charge in [0.1, 0.15) is 0 Å². The van der Waals surface area contributed by atoms with Crippen molar-refractivity contribution in [1.82, 2.24) is 54.3 Å². The maximum Gasteiger partial charge on any atom is 0.236 e. The highest BCUT2D eigenvalue weighted by molar-refractivity contribution is 5.77. The number of hydrogen-bond donors (Lipinski definition) is 0. The molecule has 0 spiro atoms. The molecule has 10 heterocycles. The number of rotatable bonds is 21. The molecule has 5 aliphatic heterocycles. The maximum atomic E-state index is 11.7. The van der Waals surface area contributed by atoms with E-state index in [1.165, 1.54) is 140 Å². The van der Waals surface area contributed by atoms with Gasteiger partial charge in [0.15, 0.2) is 0 Å². The molecular weight excluding hydrogens is 1230 g/mol. The highest BCUT2D eigenvalue weighted by Gasteiger charge is 2.25. The number of nitrogens with zero attached hydrogens (tertiary/aromatic N) is 17. The Balaban J connectivity index is 0.000000174. The molecule has 11 rings (SSSR count). The molecule has 6 fully saturated rings. The van der Waals surface area contributed by atoms with Crippen LogP contribution in [0, 0.1) is 17.2 Å². The highest BCUT2D eigenvalue weighted by Crippen LogP contribution is 2.29. The fraction of sp³-hybridized carbons (Fsp3) is 0.642. The van der Waals surface area contributed by atoms with E-state index in [-0.39, 0.29) is 5.91 Å². The number of carbonyl (C=O) groups is 1. The van der Waals surface area contributed by atoms with Gasteiger partial charge in [0, 0.05) is 202 Å². The Kier molecular flexibility index (Phi) is 34.2. The number of likely N-dealkylation sites (N-methyl/N-ethyl adjacent to an activating group) is 1. The second-order valence-electron chi connectivity index (χ2n) is 30.0. The van der Waals surface area contributed by atoms with Crippen molar-refractivity contribution in [1.29, 1.82) is 5.26 Å². The van der Waals surface area contributed by atoms with Crippen molar-refractivity contribution in [2.45, 2.75) is 157 Å². The predicted octanol–water partition coefficient (Wildman–Crippen LogP) is 13.2. The van der Waals surface area contributed by atoms with Crippen molar-refractivity contribution < 1.29 is 4.79 Å². The van der Waals surface area contributed by atoms with E-state index in [9.17, 15) is 4.79 Å². The largest absolute Gasteiger partial charge is 0.368 e. The summed E-state index contributed by atoms with van der Waals surface area (Å²) in [5.41, 5.74) is 12.9. The van der Waals surface area contributed by atoms with Crippen LogP contribution in [0.4, 0.5) is 28.4 Å². The molecule has 0 radical (unpaired) electrons. The summed E-state index contributed by atoms with van der Waals surface area (Å²) >= 11 is 0. The molecular formula is C81H129N17O. The van der Waals surface area contributed by atoms with Crippen LogP contribution < -0.4 is 24.5 Å². The summed E-state index contributed by atoms with van der Waals surface area (Å²) in [6.45, 7) is 54.8. The van der Waals surface area contributed by atoms with Gasteiger partial charge in [-0.1, -0.05) is 108 Å². The van der Waals surface area contributed by atoms with Crippen LogP contribution in [0.3, 0.4) is 0 Å². The first-order valence-corrected chi connectivity index (χ1v) is 38.1. The summed E-state index contributed by atoms with van der Waals surface area (Å²) in [4.78, 5) is 59.7. The van der Waals surface area contributed by atoms with Crippen molar-refractivity contribution in [3.63, 3.8) is 0 Å². The van der Waals surface area contributed by atoms with E-state index < -0.39 is 0 Å². The second-order valence-corrected chi connectivity index (χ2v) is 30.0. The molecule has 5 aromatic rings. The van der Waals surface area contributed by atoms with E-state index in [1.807, 2.05) is 82.1 Å². The van der Waals surface area contributed by atoms with Gasteiger partial charge in [-0.2, -0.15) is 5.26 Å². The first-order valence-electron chi connectivity index (χ1n) is 38.1. The predicted molar refractivity (Wildman–Crippen MR) is 415 cm³/mol. The average molecular weight is 1360 g/mol. The number of aromatic nitrogens is 5. The molecule has 0 unspecified atom stereocenters. The number of piperazine rings is 5. The molecule has 5 saturated heterocycles. The van der Waals surface area contributed by atoms with Gasteiger partial charge in [-0.25, -0.2) is 0 Å². The zero-order chi connectivity index (χ0) is 71.1. The molecule has 0 atom stereocenters. The summed E-state index contributed by atoms with van der Waals surface area (Å²) in [7, 11) is 3.61. The van der Waals surface area contributed by atoms with E-state index in [4.69, 9.17) is 5.26 Å². The molecule has 1 aliphatic carbocycles. The van der Waals surface area contributed by atoms with Crippen LogP contribution in [0.5, 0.6) is 0 Å². The van der Waals surface area contributed by atoms with Gasteiger partial charge in [-0.3, -0.25) is 54.2 Å². The third-order valence-electron chi connectivity index (χ3n) is 20.6. The summed E-state index contributed by atoms with van der Waals surface area (Å²) in [6, 6.07) is 13.6. The molecule has 18 heteroatoms. The van der Waals surface area contributed by atoms with E-state index in [2.05, 4.69) is 193 Å². The zero-order valence-corrected chi connectivity index (χ0v) is 63.8. The van der Waals surface area contributed by atoms with Gasteiger partial charge in [0.2, 0.25) is 5.91 Å². The summed E-state index contributed by atoms with van der Waals surface area (Å²) < 4.78 is 0. The number of carbonyl (C=O) groups excluding carboxylic acids is 1. The number of pyridine rings is 5. The number of hydrogen-bond acceptors (Lipinski definition) is 17. The van der Waals surface area contributed by atoms with Crippen LogP contribution in [-0.2, 0) is 4.79 Å². The van der Waals surface area contributed by atoms with E-state index in [1.54, 1.807) is 4.90 Å². The minimum Gasteiger partial charge on any atom is -0.368 e. The first kappa shape index (κ1) is 79.6. The summed E-state index contributed by atoms with van der Waals surface area (Å²) in [5.74, 6) is 3.80. The molecule has 0 aromatic carbocycles. The van der Waals surface area contributed by atoms with E-state index >= 15 is 0 Å². The molecule has 1 amide bonds. The van der Waals surface area contributed by atoms with Crippen molar-refractivity contribution in [3.05, 3.63) is 133 Å². The number of nitriles is 1. The van der Waals surface area contributed by atoms with Crippen molar-refractivity contribution in [2.24, 2.45) is 5.92 Å². The number of anilines is 5. The Morgan fingerprint density at radius 2 is 0.758 bits per heavy atom. The second kappa shape index (κ2) is 42.5. The van der Waals surface area contributed by atoms with E-state index in [0.717, 1.165) is 124 Å². The van der Waals surface area contributed by atoms with Crippen LogP contribution in [0.25, 0.3) is 0 Å². The molecule has 0 N–H and O–H groups in total.